The number of phenols is 2. The normalized spacial score (nSPS) is 22.8. The number of aromatic carboxylic acids is 1. The number of fused-ring (bicyclic) bond motifs is 3. The lowest BCUT2D eigenvalue weighted by Crippen LogP contribution is -2.47. The molecule has 1 saturated heterocycles. The maximum atomic E-state index is 10.3. The molecule has 0 saturated carbocycles. The van der Waals surface area contributed by atoms with E-state index in [1.54, 1.807) is 18.2 Å². The maximum Gasteiger partial charge on any atom is 0.339 e. The van der Waals surface area contributed by atoms with Crippen molar-refractivity contribution in [2.45, 2.75) is 24.9 Å². The molecular weight excluding hydrogens is 356 g/mol. The highest BCUT2D eigenvalue weighted by molar-refractivity contribution is 5.90. The average molecular weight is 382 g/mol. The molecule has 6 nitrogen and oxygen atoms in total. The van der Waals surface area contributed by atoms with Crippen LogP contribution in [0.5, 0.6) is 11.5 Å². The predicted octanol–water partition coefficient (Wildman–Crippen LogP) is 3.41. The van der Waals surface area contributed by atoms with Gasteiger partial charge in [0.25, 0.3) is 0 Å². The lowest BCUT2D eigenvalue weighted by atomic mass is 9.81. The SMILES string of the molecule is C=CCN1CCC2(C)c3cc(O)ccc3N(C)C12.O=C(O)c1ccccc1O. The van der Waals surface area contributed by atoms with E-state index in [9.17, 15) is 9.90 Å². The summed E-state index contributed by atoms with van der Waals surface area (Å²) in [6.45, 7) is 8.17. The van der Waals surface area contributed by atoms with Crippen LogP contribution in [0.3, 0.4) is 0 Å². The molecule has 2 heterocycles. The van der Waals surface area contributed by atoms with Gasteiger partial charge in [0.15, 0.2) is 0 Å². The van der Waals surface area contributed by atoms with Crippen molar-refractivity contribution in [2.75, 3.05) is 25.0 Å². The molecule has 2 aliphatic heterocycles. The van der Waals surface area contributed by atoms with Crippen molar-refractivity contribution in [1.82, 2.24) is 4.90 Å². The van der Waals surface area contributed by atoms with E-state index in [0.29, 0.717) is 11.9 Å². The molecule has 4 rings (SSSR count). The van der Waals surface area contributed by atoms with E-state index >= 15 is 0 Å². The molecular formula is C22H26N2O4. The number of anilines is 1. The van der Waals surface area contributed by atoms with Crippen molar-refractivity contribution in [3.8, 4) is 11.5 Å². The van der Waals surface area contributed by atoms with Gasteiger partial charge in [0.2, 0.25) is 0 Å². The molecule has 2 aliphatic rings. The first kappa shape index (κ1) is 19.8. The Labute approximate surface area is 165 Å². The number of likely N-dealkylation sites (tertiary alicyclic amines) is 1. The molecule has 0 radical (unpaired) electrons. The van der Waals surface area contributed by atoms with E-state index in [1.165, 1.54) is 23.4 Å². The Kier molecular flexibility index (Phi) is 5.34. The number of nitrogens with zero attached hydrogens (tertiary/aromatic N) is 2. The Morgan fingerprint density at radius 2 is 2.00 bits per heavy atom. The smallest absolute Gasteiger partial charge is 0.339 e. The fourth-order valence-corrected chi connectivity index (χ4v) is 4.41. The van der Waals surface area contributed by atoms with Crippen LogP contribution in [0.15, 0.2) is 55.1 Å². The summed E-state index contributed by atoms with van der Waals surface area (Å²) in [6.07, 6.45) is 3.49. The van der Waals surface area contributed by atoms with Gasteiger partial charge in [0.1, 0.15) is 17.1 Å². The number of benzene rings is 2. The van der Waals surface area contributed by atoms with Gasteiger partial charge in [-0.2, -0.15) is 0 Å². The number of carboxylic acid groups (broad SMARTS) is 1. The average Bonchev–Trinajstić information content (AvgIpc) is 3.09. The molecule has 28 heavy (non-hydrogen) atoms. The van der Waals surface area contributed by atoms with Crippen molar-refractivity contribution >= 4 is 11.7 Å². The molecule has 0 aliphatic carbocycles. The Balaban J connectivity index is 0.000000192. The summed E-state index contributed by atoms with van der Waals surface area (Å²) in [7, 11) is 2.15. The van der Waals surface area contributed by atoms with Crippen LogP contribution in [0.2, 0.25) is 0 Å². The third-order valence-corrected chi connectivity index (χ3v) is 5.67. The zero-order valence-corrected chi connectivity index (χ0v) is 16.2. The van der Waals surface area contributed by atoms with Gasteiger partial charge >= 0.3 is 5.97 Å². The van der Waals surface area contributed by atoms with Crippen LogP contribution in [-0.2, 0) is 5.41 Å². The van der Waals surface area contributed by atoms with Crippen molar-refractivity contribution in [3.05, 3.63) is 66.2 Å². The van der Waals surface area contributed by atoms with Crippen LogP contribution >= 0.6 is 0 Å². The van der Waals surface area contributed by atoms with Crippen LogP contribution < -0.4 is 4.90 Å². The summed E-state index contributed by atoms with van der Waals surface area (Å²) in [5.41, 5.74) is 2.57. The van der Waals surface area contributed by atoms with Crippen LogP contribution in [0.1, 0.15) is 29.3 Å². The third-order valence-electron chi connectivity index (χ3n) is 5.67. The second-order valence-corrected chi connectivity index (χ2v) is 7.46. The Hall–Kier alpha value is -2.99. The number of carboxylic acids is 1. The first-order valence-corrected chi connectivity index (χ1v) is 9.22. The molecule has 2 aromatic carbocycles. The fraction of sp³-hybridized carbons (Fsp3) is 0.318. The predicted molar refractivity (Wildman–Crippen MR) is 109 cm³/mol. The van der Waals surface area contributed by atoms with Gasteiger partial charge in [-0.15, -0.1) is 6.58 Å². The van der Waals surface area contributed by atoms with Gasteiger partial charge in [-0.25, -0.2) is 4.79 Å². The minimum absolute atomic E-state index is 0.0671. The second kappa shape index (κ2) is 7.56. The Bertz CT molecular complexity index is 898. The molecule has 148 valence electrons. The molecule has 0 amide bonds. The van der Waals surface area contributed by atoms with E-state index < -0.39 is 5.97 Å². The molecule has 2 aromatic rings. The molecule has 2 atom stereocenters. The van der Waals surface area contributed by atoms with Crippen LogP contribution in [-0.4, -0.2) is 52.5 Å². The number of para-hydroxylation sites is 1. The minimum atomic E-state index is -1.11. The van der Waals surface area contributed by atoms with Gasteiger partial charge in [0, 0.05) is 31.2 Å². The molecule has 3 N–H and O–H groups in total. The highest BCUT2D eigenvalue weighted by atomic mass is 16.4. The number of rotatable bonds is 3. The van der Waals surface area contributed by atoms with E-state index in [1.807, 2.05) is 18.2 Å². The van der Waals surface area contributed by atoms with Crippen LogP contribution in [0.25, 0.3) is 0 Å². The zero-order valence-electron chi connectivity index (χ0n) is 16.2. The van der Waals surface area contributed by atoms with Crippen molar-refractivity contribution in [1.29, 1.82) is 0 Å². The lowest BCUT2D eigenvalue weighted by molar-refractivity contribution is 0.0693. The molecule has 1 fully saturated rings. The van der Waals surface area contributed by atoms with E-state index in [0.717, 1.165) is 19.5 Å². The minimum Gasteiger partial charge on any atom is -0.508 e. The number of aromatic hydroxyl groups is 2. The number of hydrogen-bond donors (Lipinski definition) is 3. The van der Waals surface area contributed by atoms with E-state index in [4.69, 9.17) is 10.2 Å². The first-order valence-electron chi connectivity index (χ1n) is 9.22. The van der Waals surface area contributed by atoms with Gasteiger partial charge in [-0.1, -0.05) is 25.1 Å². The van der Waals surface area contributed by atoms with Crippen molar-refractivity contribution in [2.24, 2.45) is 0 Å². The molecule has 0 spiro atoms. The quantitative estimate of drug-likeness (QED) is 0.706. The maximum absolute atomic E-state index is 10.3. The second-order valence-electron chi connectivity index (χ2n) is 7.46. The van der Waals surface area contributed by atoms with Crippen LogP contribution in [0, 0.1) is 0 Å². The number of hydrogen-bond acceptors (Lipinski definition) is 5. The number of carbonyl (C=O) groups is 1. The molecule has 0 aromatic heterocycles. The highest BCUT2D eigenvalue weighted by Gasteiger charge is 2.52. The first-order chi connectivity index (χ1) is 13.3. The summed E-state index contributed by atoms with van der Waals surface area (Å²) in [5.74, 6) is -0.945. The van der Waals surface area contributed by atoms with Crippen molar-refractivity contribution < 1.29 is 20.1 Å². The summed E-state index contributed by atoms with van der Waals surface area (Å²) < 4.78 is 0. The Morgan fingerprint density at radius 3 is 2.61 bits per heavy atom. The summed E-state index contributed by atoms with van der Waals surface area (Å²) >= 11 is 0. The number of likely N-dealkylation sites (N-methyl/N-ethyl adjacent to an activating group) is 1. The Morgan fingerprint density at radius 1 is 1.29 bits per heavy atom. The zero-order chi connectivity index (χ0) is 20.5. The molecule has 6 heteroatoms. The number of phenolic OH excluding ortho intramolecular Hbond substituents is 1. The molecule has 0 bridgehead atoms. The summed E-state index contributed by atoms with van der Waals surface area (Å²) in [4.78, 5) is 15.1. The van der Waals surface area contributed by atoms with Crippen LogP contribution in [0.4, 0.5) is 5.69 Å². The van der Waals surface area contributed by atoms with Crippen molar-refractivity contribution in [3.63, 3.8) is 0 Å². The fourth-order valence-electron chi connectivity index (χ4n) is 4.41. The summed E-state index contributed by atoms with van der Waals surface area (Å²) in [5, 5.41) is 27.0. The summed E-state index contributed by atoms with van der Waals surface area (Å²) in [6, 6.07) is 11.5. The van der Waals surface area contributed by atoms with Gasteiger partial charge < -0.3 is 20.2 Å². The standard InChI is InChI=1S/C15H20N2O.C7H6O3/c1-4-8-17-9-7-15(2)12-10-11(18)5-6-13(12)16(3)14(15)17;8-6-4-2-1-3-5(6)7(9)10/h4-6,10,14,18H,1,7-9H2,2-3H3;1-4,8H,(H,9,10). The highest BCUT2D eigenvalue weighted by Crippen LogP contribution is 2.51. The van der Waals surface area contributed by atoms with E-state index in [2.05, 4.69) is 30.4 Å². The van der Waals surface area contributed by atoms with Gasteiger partial charge in [-0.05, 0) is 42.3 Å². The topological polar surface area (TPSA) is 84.2 Å². The van der Waals surface area contributed by atoms with E-state index in [-0.39, 0.29) is 16.7 Å². The van der Waals surface area contributed by atoms with Gasteiger partial charge in [-0.3, -0.25) is 4.90 Å². The van der Waals surface area contributed by atoms with Gasteiger partial charge in [0.05, 0.1) is 6.17 Å². The third kappa shape index (κ3) is 3.31. The monoisotopic (exact) mass is 382 g/mol. The lowest BCUT2D eigenvalue weighted by Gasteiger charge is -2.34. The molecule has 2 unspecified atom stereocenters. The largest absolute Gasteiger partial charge is 0.508 e.